The molecule has 8 nitrogen and oxygen atoms in total. The number of anilines is 3. The summed E-state index contributed by atoms with van der Waals surface area (Å²) < 4.78 is 69.0. The minimum Gasteiger partial charge on any atom is -0.351 e. The number of nitrogens with one attached hydrogen (secondary N) is 2. The average Bonchev–Trinajstić information content (AvgIpc) is 3.07. The molecule has 0 aliphatic carbocycles. The zero-order valence-corrected chi connectivity index (χ0v) is 20.5. The van der Waals surface area contributed by atoms with Gasteiger partial charge in [0.25, 0.3) is 15.9 Å². The summed E-state index contributed by atoms with van der Waals surface area (Å²) in [4.78, 5) is 23.2. The average molecular weight is 520 g/mol. The number of benzene rings is 1. The van der Waals surface area contributed by atoms with Crippen LogP contribution < -0.4 is 14.9 Å². The zero-order chi connectivity index (χ0) is 26.3. The molecule has 3 heterocycles. The summed E-state index contributed by atoms with van der Waals surface area (Å²) in [7, 11) is -4.47. The van der Waals surface area contributed by atoms with Crippen molar-refractivity contribution < 1.29 is 26.4 Å². The molecule has 2 N–H and O–H groups in total. The van der Waals surface area contributed by atoms with E-state index in [0.29, 0.717) is 30.4 Å². The highest BCUT2D eigenvalue weighted by Gasteiger charge is 2.39. The topological polar surface area (TPSA) is 104 Å². The second-order valence-corrected chi connectivity index (χ2v) is 10.9. The van der Waals surface area contributed by atoms with E-state index in [9.17, 15) is 26.4 Å². The van der Waals surface area contributed by atoms with E-state index >= 15 is 0 Å². The third-order valence-electron chi connectivity index (χ3n) is 5.85. The van der Waals surface area contributed by atoms with Crippen LogP contribution in [-0.4, -0.2) is 36.4 Å². The highest BCUT2D eigenvalue weighted by molar-refractivity contribution is 7.90. The third-order valence-corrected chi connectivity index (χ3v) is 7.08. The van der Waals surface area contributed by atoms with E-state index < -0.39 is 44.1 Å². The molecular formula is C24H24F3N5O3S. The fourth-order valence-corrected chi connectivity index (χ4v) is 5.34. The molecule has 36 heavy (non-hydrogen) atoms. The molecule has 0 spiro atoms. The first-order valence-electron chi connectivity index (χ1n) is 11.1. The number of amides is 1. The number of halogens is 3. The van der Waals surface area contributed by atoms with E-state index in [1.807, 2.05) is 23.5 Å². The van der Waals surface area contributed by atoms with Gasteiger partial charge in [0.15, 0.2) is 16.7 Å². The first-order valence-corrected chi connectivity index (χ1v) is 12.5. The fraction of sp³-hybridized carbons (Fsp3) is 0.292. The van der Waals surface area contributed by atoms with Crippen molar-refractivity contribution in [2.24, 2.45) is 5.92 Å². The monoisotopic (exact) mass is 519 g/mol. The predicted octanol–water partition coefficient (Wildman–Crippen LogP) is 4.38. The van der Waals surface area contributed by atoms with Gasteiger partial charge in [-0.2, -0.15) is 8.42 Å². The quantitative estimate of drug-likeness (QED) is 0.498. The summed E-state index contributed by atoms with van der Waals surface area (Å²) in [5.74, 6) is -3.96. The zero-order valence-electron chi connectivity index (χ0n) is 19.7. The van der Waals surface area contributed by atoms with Gasteiger partial charge in [0.2, 0.25) is 0 Å². The van der Waals surface area contributed by atoms with Gasteiger partial charge in [0, 0.05) is 30.4 Å². The Hall–Kier alpha value is -3.67. The summed E-state index contributed by atoms with van der Waals surface area (Å²) in [6.45, 7) is 6.80. The van der Waals surface area contributed by atoms with Crippen LogP contribution in [-0.2, 0) is 10.0 Å². The molecule has 1 fully saturated rings. The van der Waals surface area contributed by atoms with Crippen LogP contribution in [0.25, 0.3) is 0 Å². The lowest BCUT2D eigenvalue weighted by Crippen LogP contribution is -2.41. The maximum atomic E-state index is 14.0. The van der Waals surface area contributed by atoms with Gasteiger partial charge in [0.05, 0.1) is 5.56 Å². The molecule has 0 radical (unpaired) electrons. The van der Waals surface area contributed by atoms with Crippen LogP contribution in [0.5, 0.6) is 0 Å². The lowest BCUT2D eigenvalue weighted by Gasteiger charge is -2.33. The van der Waals surface area contributed by atoms with E-state index in [-0.39, 0.29) is 16.9 Å². The molecule has 1 atom stereocenters. The number of sulfonamides is 1. The van der Waals surface area contributed by atoms with E-state index in [1.165, 1.54) is 30.5 Å². The number of pyridine rings is 2. The number of carbonyl (C=O) groups excluding carboxylic acids is 1. The molecule has 1 saturated heterocycles. The lowest BCUT2D eigenvalue weighted by atomic mass is 9.97. The summed E-state index contributed by atoms with van der Waals surface area (Å²) in [5, 5.41) is 1.74. The van der Waals surface area contributed by atoms with Crippen molar-refractivity contribution in [1.82, 2.24) is 14.7 Å². The van der Waals surface area contributed by atoms with Gasteiger partial charge in [0.1, 0.15) is 23.1 Å². The number of nitrogens with zero attached hydrogens (tertiary/aromatic N) is 3. The van der Waals surface area contributed by atoms with Crippen molar-refractivity contribution in [3.63, 3.8) is 0 Å². The number of hydrogen-bond donors (Lipinski definition) is 2. The molecule has 190 valence electrons. The van der Waals surface area contributed by atoms with Crippen molar-refractivity contribution >= 4 is 33.3 Å². The van der Waals surface area contributed by atoms with Crippen molar-refractivity contribution in [2.75, 3.05) is 16.8 Å². The van der Waals surface area contributed by atoms with Gasteiger partial charge in [-0.3, -0.25) is 4.79 Å². The SMILES string of the molecule is CC1CN(c2ncccc2C(=O)NS(=O)(=O)c2cccc(Nc3c(F)cc(F)cc3F)n2)C(C)(C)C1. The number of aromatic nitrogens is 2. The van der Waals surface area contributed by atoms with Crippen molar-refractivity contribution in [2.45, 2.75) is 37.8 Å². The van der Waals surface area contributed by atoms with E-state index in [4.69, 9.17) is 0 Å². The molecule has 1 aromatic carbocycles. The first-order chi connectivity index (χ1) is 16.9. The Labute approximate surface area is 206 Å². The highest BCUT2D eigenvalue weighted by Crippen LogP contribution is 2.37. The van der Waals surface area contributed by atoms with Crippen LogP contribution in [0.4, 0.5) is 30.5 Å². The minimum atomic E-state index is -4.47. The molecule has 3 aromatic rings. The molecule has 1 aliphatic heterocycles. The van der Waals surface area contributed by atoms with Gasteiger partial charge in [-0.15, -0.1) is 0 Å². The number of carbonyl (C=O) groups is 1. The largest absolute Gasteiger partial charge is 0.351 e. The second kappa shape index (κ2) is 9.41. The minimum absolute atomic E-state index is 0.0768. The summed E-state index contributed by atoms with van der Waals surface area (Å²) in [6.07, 6.45) is 2.41. The Kier molecular flexibility index (Phi) is 6.65. The summed E-state index contributed by atoms with van der Waals surface area (Å²) in [6, 6.07) is 7.62. The molecule has 2 aromatic heterocycles. The lowest BCUT2D eigenvalue weighted by molar-refractivity contribution is 0.0981. The summed E-state index contributed by atoms with van der Waals surface area (Å²) >= 11 is 0. The van der Waals surface area contributed by atoms with Gasteiger partial charge in [-0.25, -0.2) is 27.9 Å². The van der Waals surface area contributed by atoms with E-state index in [2.05, 4.69) is 22.2 Å². The van der Waals surface area contributed by atoms with E-state index in [1.54, 1.807) is 0 Å². The van der Waals surface area contributed by atoms with Crippen molar-refractivity contribution in [3.05, 3.63) is 71.7 Å². The van der Waals surface area contributed by atoms with Gasteiger partial charge < -0.3 is 10.2 Å². The van der Waals surface area contributed by atoms with Crippen LogP contribution in [0.2, 0.25) is 0 Å². The Balaban J connectivity index is 1.59. The van der Waals surface area contributed by atoms with Crippen molar-refractivity contribution in [1.29, 1.82) is 0 Å². The van der Waals surface area contributed by atoms with Crippen LogP contribution in [0.1, 0.15) is 37.6 Å². The number of rotatable bonds is 6. The maximum Gasteiger partial charge on any atom is 0.281 e. The fourth-order valence-electron chi connectivity index (χ4n) is 4.40. The summed E-state index contributed by atoms with van der Waals surface area (Å²) in [5.41, 5.74) is -0.911. The Morgan fingerprint density at radius 2 is 1.81 bits per heavy atom. The standard InChI is InChI=1S/C24H24F3N5O3S/c1-14-12-24(2,3)32(13-14)22-16(6-5-9-28-22)23(33)31-36(34,35)20-8-4-7-19(29-20)30-21-17(26)10-15(25)11-18(21)27/h4-11,14H,12-13H2,1-3H3,(H,29,30)(H,31,33). The van der Waals surface area contributed by atoms with Crippen LogP contribution >= 0.6 is 0 Å². The molecule has 12 heteroatoms. The predicted molar refractivity (Wildman–Crippen MR) is 128 cm³/mol. The molecule has 1 aliphatic rings. The van der Waals surface area contributed by atoms with Gasteiger partial charge in [-0.1, -0.05) is 13.0 Å². The third kappa shape index (κ3) is 5.13. The molecule has 1 amide bonds. The van der Waals surface area contributed by atoms with Crippen molar-refractivity contribution in [3.8, 4) is 0 Å². The molecule has 1 unspecified atom stereocenters. The van der Waals surface area contributed by atoms with Gasteiger partial charge >= 0.3 is 0 Å². The molecule has 0 bridgehead atoms. The van der Waals surface area contributed by atoms with Crippen LogP contribution in [0, 0.1) is 23.4 Å². The normalized spacial score (nSPS) is 17.2. The maximum absolute atomic E-state index is 14.0. The van der Waals surface area contributed by atoms with E-state index in [0.717, 1.165) is 12.5 Å². The first kappa shape index (κ1) is 25.4. The molecular weight excluding hydrogens is 495 g/mol. The highest BCUT2D eigenvalue weighted by atomic mass is 32.2. The van der Waals surface area contributed by atoms with Crippen LogP contribution in [0.3, 0.4) is 0 Å². The Morgan fingerprint density at radius 3 is 2.44 bits per heavy atom. The van der Waals surface area contributed by atoms with Gasteiger partial charge in [-0.05, 0) is 50.5 Å². The van der Waals surface area contributed by atoms with Crippen LogP contribution in [0.15, 0.2) is 53.7 Å². The molecule has 0 saturated carbocycles. The molecule has 4 rings (SSSR count). The Morgan fingerprint density at radius 1 is 1.11 bits per heavy atom. The smallest absolute Gasteiger partial charge is 0.281 e. The Bertz CT molecular complexity index is 1410. The second-order valence-electron chi connectivity index (χ2n) is 9.27. The number of hydrogen-bond acceptors (Lipinski definition) is 7.